The van der Waals surface area contributed by atoms with E-state index in [0.717, 1.165) is 6.42 Å². The normalized spacial score (nSPS) is 18.2. The van der Waals surface area contributed by atoms with Gasteiger partial charge >= 0.3 is 0 Å². The Hall–Kier alpha value is -1.91. The van der Waals surface area contributed by atoms with Crippen LogP contribution in [0.4, 0.5) is 4.39 Å². The van der Waals surface area contributed by atoms with Gasteiger partial charge in [-0.25, -0.2) is 4.39 Å². The summed E-state index contributed by atoms with van der Waals surface area (Å²) < 4.78 is 14.0. The van der Waals surface area contributed by atoms with Gasteiger partial charge in [0.05, 0.1) is 5.56 Å². The van der Waals surface area contributed by atoms with E-state index in [2.05, 4.69) is 0 Å². The van der Waals surface area contributed by atoms with Crippen molar-refractivity contribution in [1.29, 1.82) is 0 Å². The Balaban J connectivity index is 2.28. The molecule has 1 saturated heterocycles. The van der Waals surface area contributed by atoms with Crippen LogP contribution < -0.4 is 0 Å². The number of likely N-dealkylation sites (tertiary alicyclic amines) is 1. The van der Waals surface area contributed by atoms with Crippen molar-refractivity contribution in [2.45, 2.75) is 25.8 Å². The highest BCUT2D eigenvalue weighted by molar-refractivity contribution is 5.98. The molecule has 20 heavy (non-hydrogen) atoms. The molecule has 0 N–H and O–H groups in total. The third-order valence-corrected chi connectivity index (χ3v) is 3.66. The third kappa shape index (κ3) is 2.53. The number of nitrogens with zero attached hydrogens (tertiary/aromatic N) is 2. The van der Waals surface area contributed by atoms with Crippen molar-refractivity contribution in [3.8, 4) is 0 Å². The molecule has 1 atom stereocenters. The summed E-state index contributed by atoms with van der Waals surface area (Å²) in [4.78, 5) is 27.5. The maximum Gasteiger partial charge on any atom is 0.257 e. The topological polar surface area (TPSA) is 40.6 Å². The molecule has 1 aliphatic heterocycles. The molecule has 0 saturated carbocycles. The molecule has 2 rings (SSSR count). The van der Waals surface area contributed by atoms with E-state index >= 15 is 0 Å². The molecule has 0 bridgehead atoms. The molecular weight excluding hydrogens is 259 g/mol. The van der Waals surface area contributed by atoms with Crippen LogP contribution in [-0.2, 0) is 4.79 Å². The lowest BCUT2D eigenvalue weighted by molar-refractivity contribution is -0.132. The van der Waals surface area contributed by atoms with Crippen LogP contribution in [0.5, 0.6) is 0 Å². The number of aryl methyl sites for hydroxylation is 1. The summed E-state index contributed by atoms with van der Waals surface area (Å²) in [6.07, 6.45) is 1.40. The minimum atomic E-state index is -0.500. The van der Waals surface area contributed by atoms with Crippen molar-refractivity contribution in [2.75, 3.05) is 20.6 Å². The number of hydrogen-bond donors (Lipinski definition) is 0. The fraction of sp³-hybridized carbons (Fsp3) is 0.467. The van der Waals surface area contributed by atoms with Gasteiger partial charge in [0.15, 0.2) is 0 Å². The highest BCUT2D eigenvalue weighted by atomic mass is 19.1. The molecule has 5 heteroatoms. The minimum absolute atomic E-state index is 0.0449. The van der Waals surface area contributed by atoms with Crippen molar-refractivity contribution >= 4 is 11.8 Å². The largest absolute Gasteiger partial charge is 0.347 e. The lowest BCUT2D eigenvalue weighted by Crippen LogP contribution is -2.45. The van der Waals surface area contributed by atoms with Crippen LogP contribution >= 0.6 is 0 Å². The van der Waals surface area contributed by atoms with Crippen molar-refractivity contribution < 1.29 is 14.0 Å². The summed E-state index contributed by atoms with van der Waals surface area (Å²) in [6, 6.07) is 4.28. The van der Waals surface area contributed by atoms with E-state index < -0.39 is 17.8 Å². The number of carbonyl (C=O) groups is 2. The van der Waals surface area contributed by atoms with Gasteiger partial charge in [0, 0.05) is 20.6 Å². The number of hydrogen-bond acceptors (Lipinski definition) is 2. The summed E-state index contributed by atoms with van der Waals surface area (Å²) in [7, 11) is 3.33. The van der Waals surface area contributed by atoms with Crippen LogP contribution in [0.2, 0.25) is 0 Å². The molecule has 0 spiro atoms. The standard InChI is InChI=1S/C15H19FN2O2/c1-10-6-4-7-11(13(10)16)14(19)18-9-5-8-12(18)15(20)17(2)3/h4,6-7,12H,5,8-9H2,1-3H3. The van der Waals surface area contributed by atoms with Gasteiger partial charge in [-0.1, -0.05) is 12.1 Å². The van der Waals surface area contributed by atoms with Crippen LogP contribution in [0.15, 0.2) is 18.2 Å². The molecule has 0 radical (unpaired) electrons. The molecule has 1 fully saturated rings. The number of likely N-dealkylation sites (N-methyl/N-ethyl adjacent to an activating group) is 1. The first kappa shape index (κ1) is 14.5. The first-order valence-electron chi connectivity index (χ1n) is 6.70. The highest BCUT2D eigenvalue weighted by Gasteiger charge is 2.36. The first-order chi connectivity index (χ1) is 9.43. The lowest BCUT2D eigenvalue weighted by Gasteiger charge is -2.26. The fourth-order valence-electron chi connectivity index (χ4n) is 2.53. The summed E-state index contributed by atoms with van der Waals surface area (Å²) in [5.74, 6) is -1.01. The van der Waals surface area contributed by atoms with Crippen LogP contribution in [0, 0.1) is 12.7 Å². The molecule has 1 aromatic carbocycles. The molecule has 4 nitrogen and oxygen atoms in total. The molecule has 1 unspecified atom stereocenters. The van der Waals surface area contributed by atoms with Crippen molar-refractivity contribution in [3.63, 3.8) is 0 Å². The van der Waals surface area contributed by atoms with Gasteiger partial charge in [0.2, 0.25) is 5.91 Å². The summed E-state index contributed by atoms with van der Waals surface area (Å²) in [6.45, 7) is 2.12. The maximum absolute atomic E-state index is 14.0. The second-order valence-corrected chi connectivity index (χ2v) is 5.33. The average molecular weight is 278 g/mol. The SMILES string of the molecule is Cc1cccc(C(=O)N2CCCC2C(=O)N(C)C)c1F. The number of rotatable bonds is 2. The Labute approximate surface area is 118 Å². The van der Waals surface area contributed by atoms with Crippen molar-refractivity contribution in [2.24, 2.45) is 0 Å². The molecule has 0 aliphatic carbocycles. The summed E-state index contributed by atoms with van der Waals surface area (Å²) in [5.41, 5.74) is 0.481. The molecule has 108 valence electrons. The third-order valence-electron chi connectivity index (χ3n) is 3.66. The second-order valence-electron chi connectivity index (χ2n) is 5.33. The van der Waals surface area contributed by atoms with E-state index in [1.54, 1.807) is 33.2 Å². The molecular formula is C15H19FN2O2. The van der Waals surface area contributed by atoms with Gasteiger partial charge in [-0.2, -0.15) is 0 Å². The van der Waals surface area contributed by atoms with Gasteiger partial charge in [-0.3, -0.25) is 9.59 Å². The van der Waals surface area contributed by atoms with Crippen LogP contribution in [0.25, 0.3) is 0 Å². The maximum atomic E-state index is 14.0. The Bertz CT molecular complexity index is 543. The number of carbonyl (C=O) groups excluding carboxylic acids is 2. The second kappa shape index (κ2) is 5.61. The van der Waals surface area contributed by atoms with Crippen LogP contribution in [0.1, 0.15) is 28.8 Å². The highest BCUT2D eigenvalue weighted by Crippen LogP contribution is 2.23. The molecule has 2 amide bonds. The molecule has 1 heterocycles. The van der Waals surface area contributed by atoms with E-state index in [4.69, 9.17) is 0 Å². The zero-order valence-electron chi connectivity index (χ0n) is 12.0. The zero-order chi connectivity index (χ0) is 14.9. The minimum Gasteiger partial charge on any atom is -0.347 e. The predicted molar refractivity (Wildman–Crippen MR) is 73.9 cm³/mol. The van der Waals surface area contributed by atoms with Crippen LogP contribution in [-0.4, -0.2) is 48.3 Å². The Morgan fingerprint density at radius 3 is 2.70 bits per heavy atom. The monoisotopic (exact) mass is 278 g/mol. The smallest absolute Gasteiger partial charge is 0.257 e. The van der Waals surface area contributed by atoms with E-state index in [0.29, 0.717) is 18.5 Å². The first-order valence-corrected chi connectivity index (χ1v) is 6.70. The van der Waals surface area contributed by atoms with E-state index in [1.165, 1.54) is 15.9 Å². The zero-order valence-corrected chi connectivity index (χ0v) is 12.0. The van der Waals surface area contributed by atoms with Crippen LogP contribution in [0.3, 0.4) is 0 Å². The van der Waals surface area contributed by atoms with Gasteiger partial charge in [-0.05, 0) is 31.4 Å². The molecule has 0 aromatic heterocycles. The Morgan fingerprint density at radius 2 is 2.05 bits per heavy atom. The number of benzene rings is 1. The Kier molecular flexibility index (Phi) is 4.06. The van der Waals surface area contributed by atoms with Gasteiger partial charge in [0.25, 0.3) is 5.91 Å². The van der Waals surface area contributed by atoms with E-state index in [9.17, 15) is 14.0 Å². The van der Waals surface area contributed by atoms with Crippen molar-refractivity contribution in [3.05, 3.63) is 35.1 Å². The molecule has 1 aromatic rings. The number of amides is 2. The van der Waals surface area contributed by atoms with E-state index in [-0.39, 0.29) is 11.5 Å². The lowest BCUT2D eigenvalue weighted by atomic mass is 10.1. The summed E-state index contributed by atoms with van der Waals surface area (Å²) in [5, 5.41) is 0. The molecule has 1 aliphatic rings. The average Bonchev–Trinajstić information content (AvgIpc) is 2.89. The number of halogens is 1. The Morgan fingerprint density at radius 1 is 1.35 bits per heavy atom. The van der Waals surface area contributed by atoms with Gasteiger partial charge in [0.1, 0.15) is 11.9 Å². The summed E-state index contributed by atoms with van der Waals surface area (Å²) >= 11 is 0. The quantitative estimate of drug-likeness (QED) is 0.828. The van der Waals surface area contributed by atoms with Gasteiger partial charge in [-0.15, -0.1) is 0 Å². The predicted octanol–water partition coefficient (Wildman–Crippen LogP) is 1.83. The fourth-order valence-corrected chi connectivity index (χ4v) is 2.53. The van der Waals surface area contributed by atoms with E-state index in [1.807, 2.05) is 0 Å². The van der Waals surface area contributed by atoms with Crippen molar-refractivity contribution in [1.82, 2.24) is 9.80 Å². The van der Waals surface area contributed by atoms with Gasteiger partial charge < -0.3 is 9.80 Å².